The van der Waals surface area contributed by atoms with Gasteiger partial charge in [-0.15, -0.1) is 0 Å². The van der Waals surface area contributed by atoms with Gasteiger partial charge in [0.15, 0.2) is 0 Å². The van der Waals surface area contributed by atoms with Crippen molar-refractivity contribution in [2.75, 3.05) is 14.2 Å². The van der Waals surface area contributed by atoms with Crippen LogP contribution in [0.5, 0.6) is 0 Å². The molecule has 0 fully saturated rings. The summed E-state index contributed by atoms with van der Waals surface area (Å²) >= 11 is 0. The van der Waals surface area contributed by atoms with E-state index in [-0.39, 0.29) is 0 Å². The monoisotopic (exact) mass is 133 g/mol. The summed E-state index contributed by atoms with van der Waals surface area (Å²) in [7, 11) is 2.59. The smallest absolute Gasteiger partial charge is 0.438 e. The molecule has 0 aromatic carbocycles. The SMILES string of the molecule is [CH2]C(OC)OC(=O)OC. The van der Waals surface area contributed by atoms with Crippen LogP contribution in [0.1, 0.15) is 0 Å². The molecular formula is C5H9O4. The van der Waals surface area contributed by atoms with Crippen LogP contribution in [-0.2, 0) is 14.2 Å². The number of ether oxygens (including phenoxy) is 3. The normalized spacial score (nSPS) is 12.3. The van der Waals surface area contributed by atoms with E-state index in [1.54, 1.807) is 0 Å². The summed E-state index contributed by atoms with van der Waals surface area (Å²) in [5.74, 6) is 0. The van der Waals surface area contributed by atoms with Crippen molar-refractivity contribution in [3.05, 3.63) is 6.92 Å². The molecule has 0 bridgehead atoms. The minimum absolute atomic E-state index is 0.794. The number of hydrogen-bond acceptors (Lipinski definition) is 4. The molecule has 0 heterocycles. The standard InChI is InChI=1S/C5H9O4/c1-4(7-2)9-5(6)8-3/h4H,1H2,2-3H3. The van der Waals surface area contributed by atoms with Gasteiger partial charge in [-0.2, -0.15) is 0 Å². The largest absolute Gasteiger partial charge is 0.510 e. The maximum absolute atomic E-state index is 10.2. The van der Waals surface area contributed by atoms with E-state index in [1.165, 1.54) is 14.2 Å². The first-order chi connectivity index (χ1) is 4.20. The zero-order chi connectivity index (χ0) is 7.28. The van der Waals surface area contributed by atoms with Gasteiger partial charge in [0.25, 0.3) is 0 Å². The molecule has 1 radical (unpaired) electrons. The highest BCUT2D eigenvalue weighted by molar-refractivity contribution is 5.59. The van der Waals surface area contributed by atoms with Crippen LogP contribution in [0.25, 0.3) is 0 Å². The predicted octanol–water partition coefficient (Wildman–Crippen LogP) is 0.576. The van der Waals surface area contributed by atoms with E-state index >= 15 is 0 Å². The lowest BCUT2D eigenvalue weighted by Crippen LogP contribution is -2.16. The highest BCUT2D eigenvalue weighted by Crippen LogP contribution is 1.91. The van der Waals surface area contributed by atoms with Crippen LogP contribution in [0, 0.1) is 6.92 Å². The number of hydrogen-bond donors (Lipinski definition) is 0. The summed E-state index contributed by atoms with van der Waals surface area (Å²) in [4.78, 5) is 10.2. The minimum Gasteiger partial charge on any atom is -0.438 e. The zero-order valence-corrected chi connectivity index (χ0v) is 5.42. The molecule has 0 saturated carbocycles. The van der Waals surface area contributed by atoms with Crippen molar-refractivity contribution in [2.45, 2.75) is 6.29 Å². The third kappa shape index (κ3) is 3.78. The number of rotatable bonds is 2. The number of methoxy groups -OCH3 is 2. The summed E-state index contributed by atoms with van der Waals surface area (Å²) in [5.41, 5.74) is 0. The Kier molecular flexibility index (Phi) is 3.79. The molecular weight excluding hydrogens is 124 g/mol. The Labute approximate surface area is 53.7 Å². The van der Waals surface area contributed by atoms with Crippen LogP contribution in [0.3, 0.4) is 0 Å². The number of carbonyl (C=O) groups excluding carboxylic acids is 1. The second kappa shape index (κ2) is 4.14. The third-order valence-electron chi connectivity index (χ3n) is 0.657. The van der Waals surface area contributed by atoms with Crippen molar-refractivity contribution >= 4 is 6.16 Å². The average Bonchev–Trinajstić information content (AvgIpc) is 1.87. The molecule has 4 heteroatoms. The lowest BCUT2D eigenvalue weighted by Gasteiger charge is -2.07. The van der Waals surface area contributed by atoms with Crippen LogP contribution in [0.15, 0.2) is 0 Å². The molecule has 0 N–H and O–H groups in total. The average molecular weight is 133 g/mol. The van der Waals surface area contributed by atoms with Crippen LogP contribution < -0.4 is 0 Å². The van der Waals surface area contributed by atoms with E-state index in [9.17, 15) is 4.79 Å². The third-order valence-corrected chi connectivity index (χ3v) is 0.657. The van der Waals surface area contributed by atoms with E-state index in [0.29, 0.717) is 0 Å². The van der Waals surface area contributed by atoms with Crippen molar-refractivity contribution in [3.8, 4) is 0 Å². The molecule has 0 aromatic rings. The Bertz CT molecular complexity index is 91.0. The molecule has 0 aliphatic carbocycles. The number of carbonyl (C=O) groups is 1. The minimum atomic E-state index is -0.795. The maximum atomic E-state index is 10.2. The summed E-state index contributed by atoms with van der Waals surface area (Å²) in [5, 5.41) is 0. The Balaban J connectivity index is 3.34. The molecule has 4 nitrogen and oxygen atoms in total. The topological polar surface area (TPSA) is 44.8 Å². The maximum Gasteiger partial charge on any atom is 0.510 e. The second-order valence-corrected chi connectivity index (χ2v) is 1.24. The van der Waals surface area contributed by atoms with Gasteiger partial charge < -0.3 is 14.2 Å². The molecule has 0 aromatic heterocycles. The van der Waals surface area contributed by atoms with Crippen molar-refractivity contribution in [1.82, 2.24) is 0 Å². The lowest BCUT2D eigenvalue weighted by molar-refractivity contribution is -0.0714. The predicted molar refractivity (Wildman–Crippen MR) is 29.6 cm³/mol. The fourth-order valence-corrected chi connectivity index (χ4v) is 0.204. The molecule has 0 rings (SSSR count). The van der Waals surface area contributed by atoms with Crippen LogP contribution >= 0.6 is 0 Å². The Morgan fingerprint density at radius 1 is 1.56 bits per heavy atom. The quantitative estimate of drug-likeness (QED) is 0.408. The van der Waals surface area contributed by atoms with Crippen LogP contribution in [0.4, 0.5) is 4.79 Å². The van der Waals surface area contributed by atoms with Gasteiger partial charge in [-0.25, -0.2) is 4.79 Å². The molecule has 0 aliphatic rings. The first-order valence-electron chi connectivity index (χ1n) is 2.31. The van der Waals surface area contributed by atoms with Crippen molar-refractivity contribution in [2.24, 2.45) is 0 Å². The molecule has 1 atom stereocenters. The Hall–Kier alpha value is -0.770. The van der Waals surface area contributed by atoms with E-state index in [4.69, 9.17) is 0 Å². The highest BCUT2D eigenvalue weighted by atomic mass is 16.8. The highest BCUT2D eigenvalue weighted by Gasteiger charge is 2.05. The van der Waals surface area contributed by atoms with Crippen molar-refractivity contribution in [3.63, 3.8) is 0 Å². The summed E-state index contributed by atoms with van der Waals surface area (Å²) in [6.07, 6.45) is -1.59. The van der Waals surface area contributed by atoms with Crippen LogP contribution in [0.2, 0.25) is 0 Å². The molecule has 0 amide bonds. The Morgan fingerprint density at radius 3 is 2.44 bits per heavy atom. The van der Waals surface area contributed by atoms with E-state index in [0.717, 1.165) is 0 Å². The van der Waals surface area contributed by atoms with Gasteiger partial charge in [0, 0.05) is 14.0 Å². The molecule has 53 valence electrons. The van der Waals surface area contributed by atoms with Gasteiger partial charge in [0.05, 0.1) is 7.11 Å². The van der Waals surface area contributed by atoms with Gasteiger partial charge >= 0.3 is 6.16 Å². The summed E-state index contributed by atoms with van der Waals surface area (Å²) in [6.45, 7) is 3.30. The van der Waals surface area contributed by atoms with Crippen molar-refractivity contribution < 1.29 is 19.0 Å². The van der Waals surface area contributed by atoms with Gasteiger partial charge in [-0.05, 0) is 0 Å². The Morgan fingerprint density at radius 2 is 2.11 bits per heavy atom. The van der Waals surface area contributed by atoms with E-state index in [1.807, 2.05) is 0 Å². The molecule has 0 saturated heterocycles. The summed E-state index contributed by atoms with van der Waals surface area (Å²) < 4.78 is 13.0. The van der Waals surface area contributed by atoms with Gasteiger partial charge in [0.2, 0.25) is 6.29 Å². The zero-order valence-electron chi connectivity index (χ0n) is 5.42. The van der Waals surface area contributed by atoms with Gasteiger partial charge in [0.1, 0.15) is 0 Å². The first-order valence-corrected chi connectivity index (χ1v) is 2.31. The summed E-state index contributed by atoms with van der Waals surface area (Å²) in [6, 6.07) is 0. The van der Waals surface area contributed by atoms with Gasteiger partial charge in [-0.3, -0.25) is 0 Å². The fraction of sp³-hybridized carbons (Fsp3) is 0.600. The van der Waals surface area contributed by atoms with E-state index < -0.39 is 12.4 Å². The molecule has 0 spiro atoms. The fourth-order valence-electron chi connectivity index (χ4n) is 0.204. The molecule has 0 aliphatic heterocycles. The first kappa shape index (κ1) is 8.23. The molecule has 9 heavy (non-hydrogen) atoms. The van der Waals surface area contributed by atoms with Gasteiger partial charge in [-0.1, -0.05) is 0 Å². The lowest BCUT2D eigenvalue weighted by atomic mass is 10.8. The van der Waals surface area contributed by atoms with Crippen LogP contribution in [-0.4, -0.2) is 26.7 Å². The second-order valence-electron chi connectivity index (χ2n) is 1.24. The van der Waals surface area contributed by atoms with Crippen molar-refractivity contribution in [1.29, 1.82) is 0 Å². The molecule has 1 unspecified atom stereocenters. The van der Waals surface area contributed by atoms with E-state index in [2.05, 4.69) is 21.1 Å².